The summed E-state index contributed by atoms with van der Waals surface area (Å²) in [5.74, 6) is -7.22. The molecule has 106 valence electrons. The van der Waals surface area contributed by atoms with Crippen molar-refractivity contribution in [3.8, 4) is 0 Å². The Kier molecular flexibility index (Phi) is 4.52. The molecule has 1 aromatic rings. The van der Waals surface area contributed by atoms with Gasteiger partial charge in [0, 0.05) is 11.6 Å². The van der Waals surface area contributed by atoms with Gasteiger partial charge < -0.3 is 10.6 Å². The molecule has 3 nitrogen and oxygen atoms in total. The molecule has 0 fully saturated rings. The lowest BCUT2D eigenvalue weighted by Crippen LogP contribution is -2.41. The van der Waals surface area contributed by atoms with Crippen molar-refractivity contribution in [3.63, 3.8) is 0 Å². The van der Waals surface area contributed by atoms with Crippen LogP contribution in [0.4, 0.5) is 23.2 Å². The van der Waals surface area contributed by atoms with Gasteiger partial charge in [0.1, 0.15) is 5.69 Å². The first-order valence-electron chi connectivity index (χ1n) is 5.49. The van der Waals surface area contributed by atoms with Crippen molar-refractivity contribution in [1.29, 1.82) is 0 Å². The standard InChI is InChI=1S/C12H14F4N2O/c1-12(2,3)17-5-8(19)18-11-9(15)6(13)4-7(14)10(11)16/h4,17H,5H2,1-3H3,(H,18,19). The summed E-state index contributed by atoms with van der Waals surface area (Å²) in [6, 6.07) is 0.0771. The van der Waals surface area contributed by atoms with Crippen LogP contribution in [-0.2, 0) is 4.79 Å². The first-order valence-corrected chi connectivity index (χ1v) is 5.49. The first kappa shape index (κ1) is 15.4. The molecular formula is C12H14F4N2O. The van der Waals surface area contributed by atoms with Crippen molar-refractivity contribution in [2.45, 2.75) is 26.3 Å². The Morgan fingerprint density at radius 2 is 1.58 bits per heavy atom. The quantitative estimate of drug-likeness (QED) is 0.659. The number of hydrogen-bond acceptors (Lipinski definition) is 2. The van der Waals surface area contributed by atoms with Crippen LogP contribution in [0.2, 0.25) is 0 Å². The molecule has 1 aromatic carbocycles. The number of halogens is 4. The summed E-state index contributed by atoms with van der Waals surface area (Å²) in [4.78, 5) is 11.4. The van der Waals surface area contributed by atoms with Gasteiger partial charge >= 0.3 is 0 Å². The molecule has 7 heteroatoms. The van der Waals surface area contributed by atoms with Gasteiger partial charge in [0.2, 0.25) is 5.91 Å². The van der Waals surface area contributed by atoms with Crippen LogP contribution in [0.25, 0.3) is 0 Å². The summed E-state index contributed by atoms with van der Waals surface area (Å²) < 4.78 is 52.3. The summed E-state index contributed by atoms with van der Waals surface area (Å²) in [6.07, 6.45) is 0. The lowest BCUT2D eigenvalue weighted by molar-refractivity contribution is -0.115. The van der Waals surface area contributed by atoms with E-state index < -0.39 is 34.9 Å². The normalized spacial score (nSPS) is 11.5. The van der Waals surface area contributed by atoms with E-state index >= 15 is 0 Å². The van der Waals surface area contributed by atoms with E-state index in [4.69, 9.17) is 0 Å². The summed E-state index contributed by atoms with van der Waals surface area (Å²) >= 11 is 0. The molecule has 0 aromatic heterocycles. The minimum Gasteiger partial charge on any atom is -0.320 e. The molecule has 0 radical (unpaired) electrons. The number of benzene rings is 1. The lowest BCUT2D eigenvalue weighted by Gasteiger charge is -2.20. The molecule has 19 heavy (non-hydrogen) atoms. The zero-order valence-electron chi connectivity index (χ0n) is 10.7. The van der Waals surface area contributed by atoms with Gasteiger partial charge in [-0.25, -0.2) is 17.6 Å². The molecule has 0 aliphatic carbocycles. The average molecular weight is 278 g/mol. The topological polar surface area (TPSA) is 41.1 Å². The molecule has 0 spiro atoms. The number of rotatable bonds is 3. The van der Waals surface area contributed by atoms with E-state index in [0.717, 1.165) is 0 Å². The second-order valence-corrected chi connectivity index (χ2v) is 4.99. The average Bonchev–Trinajstić information content (AvgIpc) is 2.29. The van der Waals surface area contributed by atoms with Crippen LogP contribution >= 0.6 is 0 Å². The van der Waals surface area contributed by atoms with Crippen molar-refractivity contribution in [1.82, 2.24) is 5.32 Å². The number of nitrogens with one attached hydrogen (secondary N) is 2. The van der Waals surface area contributed by atoms with E-state index in [2.05, 4.69) is 5.32 Å². The maximum absolute atomic E-state index is 13.3. The van der Waals surface area contributed by atoms with Crippen molar-refractivity contribution in [2.24, 2.45) is 0 Å². The molecule has 0 atom stereocenters. The Labute approximate surface area is 108 Å². The highest BCUT2D eigenvalue weighted by Gasteiger charge is 2.21. The number of carbonyl (C=O) groups is 1. The summed E-state index contributed by atoms with van der Waals surface area (Å²) in [6.45, 7) is 5.09. The molecule has 0 saturated carbocycles. The van der Waals surface area contributed by atoms with E-state index in [0.29, 0.717) is 0 Å². The fourth-order valence-corrected chi connectivity index (χ4v) is 1.21. The van der Waals surface area contributed by atoms with Crippen molar-refractivity contribution >= 4 is 11.6 Å². The number of hydrogen-bond donors (Lipinski definition) is 2. The highest BCUT2D eigenvalue weighted by atomic mass is 19.2. The van der Waals surface area contributed by atoms with Crippen LogP contribution in [0.3, 0.4) is 0 Å². The van der Waals surface area contributed by atoms with Crippen LogP contribution in [0, 0.1) is 23.3 Å². The fourth-order valence-electron chi connectivity index (χ4n) is 1.21. The Hall–Kier alpha value is -1.63. The molecule has 1 rings (SSSR count). The Balaban J connectivity index is 2.86. The highest BCUT2D eigenvalue weighted by molar-refractivity contribution is 5.92. The summed E-state index contributed by atoms with van der Waals surface area (Å²) in [5.41, 5.74) is -1.51. The van der Waals surface area contributed by atoms with Crippen molar-refractivity contribution in [3.05, 3.63) is 29.3 Å². The van der Waals surface area contributed by atoms with Crippen LogP contribution in [-0.4, -0.2) is 18.0 Å². The molecule has 2 N–H and O–H groups in total. The van der Waals surface area contributed by atoms with Gasteiger partial charge in [-0.15, -0.1) is 0 Å². The Bertz CT molecular complexity index is 471. The second kappa shape index (κ2) is 5.56. The van der Waals surface area contributed by atoms with E-state index in [9.17, 15) is 22.4 Å². The highest BCUT2D eigenvalue weighted by Crippen LogP contribution is 2.23. The molecule has 1 amide bonds. The number of carbonyl (C=O) groups excluding carboxylic acids is 1. The van der Waals surface area contributed by atoms with E-state index in [1.165, 1.54) is 0 Å². The minimum absolute atomic E-state index is 0.0771. The predicted molar refractivity (Wildman–Crippen MR) is 62.7 cm³/mol. The maximum Gasteiger partial charge on any atom is 0.238 e. The molecule has 0 heterocycles. The molecule has 0 unspecified atom stereocenters. The summed E-state index contributed by atoms with van der Waals surface area (Å²) in [7, 11) is 0. The second-order valence-electron chi connectivity index (χ2n) is 4.99. The Morgan fingerprint density at radius 3 is 2.00 bits per heavy atom. The number of amides is 1. The third-order valence-electron chi connectivity index (χ3n) is 2.16. The molecule has 0 aliphatic rings. The van der Waals surface area contributed by atoms with E-state index in [1.807, 2.05) is 0 Å². The van der Waals surface area contributed by atoms with Gasteiger partial charge in [-0.2, -0.15) is 0 Å². The van der Waals surface area contributed by atoms with Crippen molar-refractivity contribution in [2.75, 3.05) is 11.9 Å². The molecule has 0 bridgehead atoms. The maximum atomic E-state index is 13.3. The van der Waals surface area contributed by atoms with Crippen molar-refractivity contribution < 1.29 is 22.4 Å². The van der Waals surface area contributed by atoms with E-state index in [1.54, 1.807) is 26.1 Å². The SMILES string of the molecule is CC(C)(C)NCC(=O)Nc1c(F)c(F)cc(F)c1F. The lowest BCUT2D eigenvalue weighted by atomic mass is 10.1. The third kappa shape index (κ3) is 4.20. The van der Waals surface area contributed by atoms with Crippen LogP contribution in [0.15, 0.2) is 6.07 Å². The zero-order valence-corrected chi connectivity index (χ0v) is 10.7. The van der Waals surface area contributed by atoms with Gasteiger partial charge in [-0.1, -0.05) is 0 Å². The van der Waals surface area contributed by atoms with Gasteiger partial charge in [0.05, 0.1) is 6.54 Å². The van der Waals surface area contributed by atoms with E-state index in [-0.39, 0.29) is 18.2 Å². The smallest absolute Gasteiger partial charge is 0.238 e. The van der Waals surface area contributed by atoms with Gasteiger partial charge in [0.25, 0.3) is 0 Å². The molecular weight excluding hydrogens is 264 g/mol. The Morgan fingerprint density at radius 1 is 1.11 bits per heavy atom. The van der Waals surface area contributed by atoms with Gasteiger partial charge in [0.15, 0.2) is 23.3 Å². The van der Waals surface area contributed by atoms with Crippen LogP contribution < -0.4 is 10.6 Å². The predicted octanol–water partition coefficient (Wildman–Crippen LogP) is 2.57. The van der Waals surface area contributed by atoms with Gasteiger partial charge in [-0.3, -0.25) is 4.79 Å². The third-order valence-corrected chi connectivity index (χ3v) is 2.16. The van der Waals surface area contributed by atoms with Crippen LogP contribution in [0.1, 0.15) is 20.8 Å². The summed E-state index contributed by atoms with van der Waals surface area (Å²) in [5, 5.41) is 4.57. The molecule has 0 aliphatic heterocycles. The molecule has 0 saturated heterocycles. The zero-order chi connectivity index (χ0) is 14.8. The number of anilines is 1. The van der Waals surface area contributed by atoms with Gasteiger partial charge in [-0.05, 0) is 20.8 Å². The monoisotopic (exact) mass is 278 g/mol. The van der Waals surface area contributed by atoms with Crippen LogP contribution in [0.5, 0.6) is 0 Å². The fraction of sp³-hybridized carbons (Fsp3) is 0.417. The first-order chi connectivity index (χ1) is 8.61. The largest absolute Gasteiger partial charge is 0.320 e. The minimum atomic E-state index is -1.64.